The maximum absolute atomic E-state index is 11.9. The molecule has 0 aromatic rings. The van der Waals surface area contributed by atoms with Crippen LogP contribution >= 0.6 is 0 Å². The Morgan fingerprint density at radius 2 is 2.21 bits per heavy atom. The van der Waals surface area contributed by atoms with E-state index in [9.17, 15) is 14.4 Å². The van der Waals surface area contributed by atoms with Gasteiger partial charge in [-0.15, -0.1) is 0 Å². The van der Waals surface area contributed by atoms with Crippen molar-refractivity contribution in [2.24, 2.45) is 0 Å². The lowest BCUT2D eigenvalue weighted by Crippen LogP contribution is -2.56. The van der Waals surface area contributed by atoms with Crippen molar-refractivity contribution in [2.45, 2.75) is 18.9 Å². The van der Waals surface area contributed by atoms with Gasteiger partial charge >= 0.3 is 18.0 Å². The first kappa shape index (κ1) is 15.2. The van der Waals surface area contributed by atoms with Gasteiger partial charge in [0, 0.05) is 19.5 Å². The maximum atomic E-state index is 11.9. The quantitative estimate of drug-likeness (QED) is 0.514. The molecule has 1 heterocycles. The highest BCUT2D eigenvalue weighted by molar-refractivity contribution is 5.84. The molecule has 0 radical (unpaired) electrons. The number of esters is 1. The molecule has 0 aliphatic carbocycles. The molecule has 8 heteroatoms. The van der Waals surface area contributed by atoms with Crippen molar-refractivity contribution in [2.75, 3.05) is 33.4 Å². The number of carboxylic acid groups (broad SMARTS) is 1. The van der Waals surface area contributed by atoms with E-state index < -0.39 is 24.0 Å². The fourth-order valence-corrected chi connectivity index (χ4v) is 1.71. The van der Waals surface area contributed by atoms with Crippen LogP contribution < -0.4 is 5.32 Å². The zero-order valence-corrected chi connectivity index (χ0v) is 10.8. The van der Waals surface area contributed by atoms with Crippen LogP contribution in [-0.2, 0) is 19.1 Å². The van der Waals surface area contributed by atoms with Gasteiger partial charge in [-0.2, -0.15) is 0 Å². The summed E-state index contributed by atoms with van der Waals surface area (Å²) in [5.41, 5.74) is 0. The van der Waals surface area contributed by atoms with E-state index in [1.807, 2.05) is 0 Å². The monoisotopic (exact) mass is 274 g/mol. The van der Waals surface area contributed by atoms with Gasteiger partial charge in [0.15, 0.2) is 6.04 Å². The number of carboxylic acids is 1. The van der Waals surface area contributed by atoms with Crippen molar-refractivity contribution in [3.05, 3.63) is 0 Å². The van der Waals surface area contributed by atoms with Crippen LogP contribution in [0.4, 0.5) is 4.79 Å². The van der Waals surface area contributed by atoms with Gasteiger partial charge in [0.25, 0.3) is 0 Å². The fourth-order valence-electron chi connectivity index (χ4n) is 1.71. The molecule has 0 spiro atoms. The molecular formula is C11H18N2O6. The molecule has 19 heavy (non-hydrogen) atoms. The topological polar surface area (TPSA) is 105 Å². The Bertz CT molecular complexity index is 346. The third-order valence-corrected chi connectivity index (χ3v) is 2.71. The summed E-state index contributed by atoms with van der Waals surface area (Å²) in [6.07, 6.45) is 0.331. The third-order valence-electron chi connectivity index (χ3n) is 2.71. The van der Waals surface area contributed by atoms with E-state index in [4.69, 9.17) is 9.84 Å². The summed E-state index contributed by atoms with van der Waals surface area (Å²) in [7, 11) is 1.25. The zero-order chi connectivity index (χ0) is 14.3. The second-order valence-electron chi connectivity index (χ2n) is 4.04. The molecule has 1 aliphatic rings. The Morgan fingerprint density at radius 3 is 2.84 bits per heavy atom. The Labute approximate surface area is 110 Å². The average Bonchev–Trinajstić information content (AvgIpc) is 2.42. The van der Waals surface area contributed by atoms with Gasteiger partial charge in [0.05, 0.1) is 20.3 Å². The normalized spacial score (nSPS) is 18.8. The minimum absolute atomic E-state index is 0.0101. The smallest absolute Gasteiger partial charge is 0.331 e. The number of hydrogen-bond acceptors (Lipinski definition) is 5. The fraction of sp³-hybridized carbons (Fsp3) is 0.727. The van der Waals surface area contributed by atoms with Gasteiger partial charge in [-0.25, -0.2) is 9.59 Å². The van der Waals surface area contributed by atoms with E-state index in [1.165, 1.54) is 12.0 Å². The summed E-state index contributed by atoms with van der Waals surface area (Å²) in [5.74, 6) is -1.44. The SMILES string of the molecule is COC(=O)C1COCCN1C(=O)NCCCC(=O)O. The summed E-state index contributed by atoms with van der Waals surface area (Å²) in [6, 6.07) is -1.16. The highest BCUT2D eigenvalue weighted by atomic mass is 16.5. The second kappa shape index (κ2) is 7.57. The number of urea groups is 1. The lowest BCUT2D eigenvalue weighted by atomic mass is 10.2. The van der Waals surface area contributed by atoms with Gasteiger partial charge in [-0.1, -0.05) is 0 Å². The lowest BCUT2D eigenvalue weighted by Gasteiger charge is -2.33. The largest absolute Gasteiger partial charge is 0.481 e. The Hall–Kier alpha value is -1.83. The number of amides is 2. The summed E-state index contributed by atoms with van der Waals surface area (Å²) >= 11 is 0. The maximum Gasteiger partial charge on any atom is 0.331 e. The standard InChI is InChI=1S/C11H18N2O6/c1-18-10(16)8-7-19-6-5-13(8)11(17)12-4-2-3-9(14)15/h8H,2-7H2,1H3,(H,12,17)(H,14,15). The van der Waals surface area contributed by atoms with Crippen molar-refractivity contribution < 1.29 is 29.0 Å². The van der Waals surface area contributed by atoms with Crippen molar-refractivity contribution in [1.29, 1.82) is 0 Å². The first-order valence-corrected chi connectivity index (χ1v) is 5.98. The molecular weight excluding hydrogens is 256 g/mol. The number of nitrogens with one attached hydrogen (secondary N) is 1. The number of rotatable bonds is 5. The highest BCUT2D eigenvalue weighted by Crippen LogP contribution is 2.08. The van der Waals surface area contributed by atoms with Crippen molar-refractivity contribution >= 4 is 18.0 Å². The number of nitrogens with zero attached hydrogens (tertiary/aromatic N) is 1. The van der Waals surface area contributed by atoms with Gasteiger partial charge in [-0.05, 0) is 6.42 Å². The molecule has 0 aromatic carbocycles. The number of ether oxygens (including phenoxy) is 2. The van der Waals surface area contributed by atoms with Crippen LogP contribution in [0.5, 0.6) is 0 Å². The highest BCUT2D eigenvalue weighted by Gasteiger charge is 2.33. The molecule has 2 N–H and O–H groups in total. The predicted octanol–water partition coefficient (Wildman–Crippen LogP) is -0.565. The summed E-state index contributed by atoms with van der Waals surface area (Å²) < 4.78 is 9.75. The number of carbonyl (C=O) groups is 3. The predicted molar refractivity (Wildman–Crippen MR) is 63.6 cm³/mol. The lowest BCUT2D eigenvalue weighted by molar-refractivity contribution is -0.151. The third kappa shape index (κ3) is 4.74. The molecule has 8 nitrogen and oxygen atoms in total. The second-order valence-corrected chi connectivity index (χ2v) is 4.04. The molecule has 1 fully saturated rings. The minimum atomic E-state index is -0.909. The van der Waals surface area contributed by atoms with Crippen LogP contribution in [0.15, 0.2) is 0 Å². The number of methoxy groups -OCH3 is 1. The van der Waals surface area contributed by atoms with Crippen LogP contribution in [0.25, 0.3) is 0 Å². The van der Waals surface area contributed by atoms with E-state index in [0.29, 0.717) is 19.6 Å². The van der Waals surface area contributed by atoms with Gasteiger partial charge in [0.2, 0.25) is 0 Å². The number of morpholine rings is 1. The molecule has 0 aromatic heterocycles. The first-order valence-electron chi connectivity index (χ1n) is 5.98. The van der Waals surface area contributed by atoms with Gasteiger partial charge in [-0.3, -0.25) is 4.79 Å². The van der Waals surface area contributed by atoms with Crippen LogP contribution in [-0.4, -0.2) is 67.4 Å². The van der Waals surface area contributed by atoms with Crippen molar-refractivity contribution in [3.63, 3.8) is 0 Å². The summed E-state index contributed by atoms with van der Waals surface area (Å²) in [4.78, 5) is 35.0. The first-order chi connectivity index (χ1) is 9.06. The molecule has 1 unspecified atom stereocenters. The van der Waals surface area contributed by atoms with E-state index >= 15 is 0 Å². The Kier molecular flexibility index (Phi) is 6.07. The van der Waals surface area contributed by atoms with Crippen LogP contribution in [0, 0.1) is 0 Å². The van der Waals surface area contributed by atoms with Crippen molar-refractivity contribution in [3.8, 4) is 0 Å². The molecule has 2 amide bonds. The van der Waals surface area contributed by atoms with E-state index in [0.717, 1.165) is 0 Å². The van der Waals surface area contributed by atoms with E-state index in [2.05, 4.69) is 10.1 Å². The molecule has 0 saturated carbocycles. The number of carbonyl (C=O) groups excluding carboxylic acids is 2. The minimum Gasteiger partial charge on any atom is -0.481 e. The van der Waals surface area contributed by atoms with Crippen molar-refractivity contribution in [1.82, 2.24) is 10.2 Å². The van der Waals surface area contributed by atoms with E-state index in [1.54, 1.807) is 0 Å². The van der Waals surface area contributed by atoms with Gasteiger partial charge in [0.1, 0.15) is 0 Å². The molecule has 1 rings (SSSR count). The zero-order valence-electron chi connectivity index (χ0n) is 10.8. The van der Waals surface area contributed by atoms with Gasteiger partial charge < -0.3 is 24.8 Å². The number of hydrogen-bond donors (Lipinski definition) is 2. The van der Waals surface area contributed by atoms with Crippen LogP contribution in [0.2, 0.25) is 0 Å². The Morgan fingerprint density at radius 1 is 1.47 bits per heavy atom. The molecule has 108 valence electrons. The van der Waals surface area contributed by atoms with Crippen LogP contribution in [0.3, 0.4) is 0 Å². The molecule has 1 saturated heterocycles. The summed E-state index contributed by atoms with van der Waals surface area (Å²) in [6.45, 7) is 1.01. The number of aliphatic carboxylic acids is 1. The molecule has 1 atom stereocenters. The Balaban J connectivity index is 2.43. The molecule has 0 bridgehead atoms. The van der Waals surface area contributed by atoms with Crippen LogP contribution in [0.1, 0.15) is 12.8 Å². The van der Waals surface area contributed by atoms with E-state index in [-0.39, 0.29) is 19.6 Å². The summed E-state index contributed by atoms with van der Waals surface area (Å²) in [5, 5.41) is 11.1. The molecule has 1 aliphatic heterocycles. The average molecular weight is 274 g/mol.